The molecule has 0 atom stereocenters. The van der Waals surface area contributed by atoms with Crippen LogP contribution in [0.15, 0.2) is 16.6 Å². The van der Waals surface area contributed by atoms with Crippen LogP contribution in [0, 0.1) is 0 Å². The molecular formula is C10H9BrF5N. The van der Waals surface area contributed by atoms with Gasteiger partial charge in [0.25, 0.3) is 0 Å². The fraction of sp³-hybridized carbons (Fsp3) is 0.400. The van der Waals surface area contributed by atoms with E-state index in [1.165, 1.54) is 6.07 Å². The van der Waals surface area contributed by atoms with Crippen LogP contribution in [0.4, 0.5) is 27.6 Å². The van der Waals surface area contributed by atoms with Gasteiger partial charge >= 0.3 is 12.1 Å². The molecule has 1 rings (SSSR count). The Bertz CT molecular complexity index is 427. The molecule has 96 valence electrons. The summed E-state index contributed by atoms with van der Waals surface area (Å²) >= 11 is 2.71. The van der Waals surface area contributed by atoms with E-state index in [-0.39, 0.29) is 10.2 Å². The minimum Gasteiger partial charge on any atom is -0.398 e. The molecule has 7 heteroatoms. The second-order valence-electron chi connectivity index (χ2n) is 3.46. The maximum atomic E-state index is 13.1. The molecule has 0 amide bonds. The van der Waals surface area contributed by atoms with Gasteiger partial charge in [0.05, 0.1) is 0 Å². The second-order valence-corrected chi connectivity index (χ2v) is 4.31. The van der Waals surface area contributed by atoms with E-state index < -0.39 is 17.7 Å². The summed E-state index contributed by atoms with van der Waals surface area (Å²) in [6, 6.07) is 1.85. The third kappa shape index (κ3) is 2.53. The zero-order valence-electron chi connectivity index (χ0n) is 8.71. The predicted octanol–water partition coefficient (Wildman–Crippen LogP) is 4.25. The van der Waals surface area contributed by atoms with Crippen molar-refractivity contribution in [2.45, 2.75) is 25.4 Å². The number of alkyl halides is 5. The highest BCUT2D eigenvalue weighted by atomic mass is 79.9. The number of halogens is 6. The molecule has 0 aromatic heterocycles. The van der Waals surface area contributed by atoms with Gasteiger partial charge in [-0.15, -0.1) is 0 Å². The molecule has 0 bridgehead atoms. The van der Waals surface area contributed by atoms with Crippen molar-refractivity contribution in [3.63, 3.8) is 0 Å². The first kappa shape index (κ1) is 14.2. The van der Waals surface area contributed by atoms with Gasteiger partial charge in [0, 0.05) is 15.7 Å². The van der Waals surface area contributed by atoms with E-state index in [2.05, 4.69) is 15.9 Å². The Kier molecular flexibility index (Phi) is 3.71. The number of aryl methyl sites for hydroxylation is 1. The summed E-state index contributed by atoms with van der Waals surface area (Å²) in [5.41, 5.74) is 4.69. The van der Waals surface area contributed by atoms with Gasteiger partial charge in [0.2, 0.25) is 0 Å². The molecule has 2 N–H and O–H groups in total. The lowest BCUT2D eigenvalue weighted by Gasteiger charge is -2.22. The van der Waals surface area contributed by atoms with Gasteiger partial charge in [0.15, 0.2) is 0 Å². The van der Waals surface area contributed by atoms with Crippen LogP contribution >= 0.6 is 15.9 Å². The molecule has 0 unspecified atom stereocenters. The molecule has 0 aliphatic heterocycles. The number of hydrogen-bond donors (Lipinski definition) is 1. The Morgan fingerprint density at radius 3 is 2.12 bits per heavy atom. The molecule has 1 aromatic rings. The van der Waals surface area contributed by atoms with Crippen molar-refractivity contribution in [1.82, 2.24) is 0 Å². The van der Waals surface area contributed by atoms with Crippen molar-refractivity contribution in [2.75, 3.05) is 5.73 Å². The van der Waals surface area contributed by atoms with Crippen molar-refractivity contribution in [1.29, 1.82) is 0 Å². The number of anilines is 1. The number of nitrogen functional groups attached to an aromatic ring is 1. The number of rotatable bonds is 2. The molecule has 0 heterocycles. The molecule has 0 aliphatic rings. The Morgan fingerprint density at radius 1 is 1.18 bits per heavy atom. The number of hydrogen-bond acceptors (Lipinski definition) is 1. The smallest absolute Gasteiger partial charge is 0.398 e. The van der Waals surface area contributed by atoms with Crippen molar-refractivity contribution in [3.05, 3.63) is 27.7 Å². The first-order chi connectivity index (χ1) is 7.61. The van der Waals surface area contributed by atoms with Crippen LogP contribution in [0.2, 0.25) is 0 Å². The Balaban J connectivity index is 3.38. The zero-order valence-corrected chi connectivity index (χ0v) is 10.3. The zero-order chi connectivity index (χ0) is 13.4. The topological polar surface area (TPSA) is 26.0 Å². The summed E-state index contributed by atoms with van der Waals surface area (Å²) in [6.45, 7) is 1.72. The van der Waals surface area contributed by atoms with Gasteiger partial charge in [-0.2, -0.15) is 22.0 Å². The molecule has 0 saturated carbocycles. The Hall–Kier alpha value is -0.850. The van der Waals surface area contributed by atoms with E-state index in [0.717, 1.165) is 0 Å². The summed E-state index contributed by atoms with van der Waals surface area (Å²) in [6.07, 6.45) is -5.20. The van der Waals surface area contributed by atoms with Crippen molar-refractivity contribution >= 4 is 21.6 Å². The van der Waals surface area contributed by atoms with Gasteiger partial charge < -0.3 is 5.73 Å². The highest BCUT2D eigenvalue weighted by Gasteiger charge is 2.59. The van der Waals surface area contributed by atoms with E-state index in [1.54, 1.807) is 6.92 Å². The largest absolute Gasteiger partial charge is 0.458 e. The van der Waals surface area contributed by atoms with Gasteiger partial charge in [-0.25, -0.2) is 0 Å². The monoisotopic (exact) mass is 317 g/mol. The molecule has 0 aliphatic carbocycles. The van der Waals surface area contributed by atoms with Crippen LogP contribution in [-0.4, -0.2) is 6.18 Å². The lowest BCUT2D eigenvalue weighted by molar-refractivity contribution is -0.289. The van der Waals surface area contributed by atoms with E-state index in [0.29, 0.717) is 18.1 Å². The van der Waals surface area contributed by atoms with E-state index in [4.69, 9.17) is 5.73 Å². The average Bonchev–Trinajstić information content (AvgIpc) is 2.18. The summed E-state index contributed by atoms with van der Waals surface area (Å²) in [5, 5.41) is 0. The summed E-state index contributed by atoms with van der Waals surface area (Å²) in [5.74, 6) is -4.92. The lowest BCUT2D eigenvalue weighted by Crippen LogP contribution is -2.34. The fourth-order valence-corrected chi connectivity index (χ4v) is 1.97. The fourth-order valence-electron chi connectivity index (χ4n) is 1.33. The molecular weight excluding hydrogens is 309 g/mol. The quantitative estimate of drug-likeness (QED) is 0.640. The van der Waals surface area contributed by atoms with E-state index in [1.807, 2.05) is 0 Å². The molecule has 1 aromatic carbocycles. The van der Waals surface area contributed by atoms with Gasteiger partial charge in [-0.1, -0.05) is 22.9 Å². The van der Waals surface area contributed by atoms with Crippen LogP contribution in [0.5, 0.6) is 0 Å². The summed E-state index contributed by atoms with van der Waals surface area (Å²) in [4.78, 5) is 0. The lowest BCUT2D eigenvalue weighted by atomic mass is 10.0. The normalized spacial score (nSPS) is 12.9. The molecule has 0 saturated heterocycles. The highest BCUT2D eigenvalue weighted by molar-refractivity contribution is 9.10. The SMILES string of the molecule is CCc1cc(Br)c(C(F)(F)C(F)(F)F)cc1N. The average molecular weight is 318 g/mol. The summed E-state index contributed by atoms with van der Waals surface area (Å²) < 4.78 is 62.6. The van der Waals surface area contributed by atoms with Gasteiger partial charge in [0.1, 0.15) is 0 Å². The third-order valence-corrected chi connectivity index (χ3v) is 2.96. The van der Waals surface area contributed by atoms with Crippen LogP contribution in [0.3, 0.4) is 0 Å². The van der Waals surface area contributed by atoms with E-state index >= 15 is 0 Å². The van der Waals surface area contributed by atoms with Crippen LogP contribution < -0.4 is 5.73 Å². The predicted molar refractivity (Wildman–Crippen MR) is 57.9 cm³/mol. The minimum atomic E-state index is -5.64. The molecule has 0 spiro atoms. The van der Waals surface area contributed by atoms with E-state index in [9.17, 15) is 22.0 Å². The molecule has 1 nitrogen and oxygen atoms in total. The Labute approximate surface area is 103 Å². The maximum absolute atomic E-state index is 13.1. The van der Waals surface area contributed by atoms with Gasteiger partial charge in [-0.05, 0) is 24.1 Å². The van der Waals surface area contributed by atoms with Gasteiger partial charge in [-0.3, -0.25) is 0 Å². The van der Waals surface area contributed by atoms with Crippen molar-refractivity contribution in [2.24, 2.45) is 0 Å². The Morgan fingerprint density at radius 2 is 1.71 bits per heavy atom. The van der Waals surface area contributed by atoms with Crippen LogP contribution in [0.1, 0.15) is 18.1 Å². The third-order valence-electron chi connectivity index (χ3n) is 2.30. The standard InChI is InChI=1S/C10H9BrF5N/c1-2-5-3-7(11)6(4-8(5)17)9(12,13)10(14,15)16/h3-4H,2,17H2,1H3. The first-order valence-corrected chi connectivity index (χ1v) is 5.43. The van der Waals surface area contributed by atoms with Crippen LogP contribution in [0.25, 0.3) is 0 Å². The van der Waals surface area contributed by atoms with Crippen molar-refractivity contribution in [3.8, 4) is 0 Å². The maximum Gasteiger partial charge on any atom is 0.458 e. The minimum absolute atomic E-state index is 0.0744. The molecule has 0 radical (unpaired) electrons. The second kappa shape index (κ2) is 4.44. The number of benzene rings is 1. The number of nitrogens with two attached hydrogens (primary N) is 1. The molecule has 0 fully saturated rings. The van der Waals surface area contributed by atoms with Crippen LogP contribution in [-0.2, 0) is 12.3 Å². The first-order valence-electron chi connectivity index (χ1n) is 4.64. The molecule has 17 heavy (non-hydrogen) atoms. The highest BCUT2D eigenvalue weighted by Crippen LogP contribution is 2.47. The summed E-state index contributed by atoms with van der Waals surface area (Å²) in [7, 11) is 0. The van der Waals surface area contributed by atoms with Crippen molar-refractivity contribution < 1.29 is 22.0 Å².